The number of nitrogens with two attached hydrogens (primary N) is 1. The Balaban J connectivity index is 2.48. The number of hydrogen-bond acceptors (Lipinski definition) is 2. The number of phenolic OH excluding ortho intramolecular Hbond substituents is 1. The number of halogens is 1. The number of benzene rings is 1. The predicted octanol–water partition coefficient (Wildman–Crippen LogP) is 2.46. The van der Waals surface area contributed by atoms with Gasteiger partial charge in [-0.3, -0.25) is 0 Å². The van der Waals surface area contributed by atoms with Gasteiger partial charge in [-0.1, -0.05) is 0 Å². The number of hydrogen-bond donors (Lipinski definition) is 2. The highest BCUT2D eigenvalue weighted by Crippen LogP contribution is 2.27. The number of nitrogens with zero attached hydrogens (tertiary/aromatic N) is 1. The molecule has 3 N–H and O–H groups in total. The molecule has 0 spiro atoms. The molecule has 0 atom stereocenters. The van der Waals surface area contributed by atoms with Crippen LogP contribution in [0, 0.1) is 0 Å². The molecular weight excluding hydrogens is 256 g/mol. The van der Waals surface area contributed by atoms with Gasteiger partial charge in [0, 0.05) is 17.4 Å². The van der Waals surface area contributed by atoms with Crippen molar-refractivity contribution in [2.45, 2.75) is 13.0 Å². The van der Waals surface area contributed by atoms with Crippen LogP contribution in [0.3, 0.4) is 0 Å². The van der Waals surface area contributed by atoms with Crippen LogP contribution in [0.5, 0.6) is 5.75 Å². The first kappa shape index (κ1) is 10.5. The molecule has 0 saturated carbocycles. The van der Waals surface area contributed by atoms with E-state index in [2.05, 4.69) is 20.5 Å². The molecular formula is C11H13BrN2O. The van der Waals surface area contributed by atoms with Crippen molar-refractivity contribution in [2.75, 3.05) is 6.54 Å². The van der Waals surface area contributed by atoms with E-state index in [0.717, 1.165) is 28.5 Å². The van der Waals surface area contributed by atoms with Crippen molar-refractivity contribution in [3.05, 3.63) is 28.9 Å². The van der Waals surface area contributed by atoms with Gasteiger partial charge >= 0.3 is 0 Å². The van der Waals surface area contributed by atoms with E-state index in [-0.39, 0.29) is 0 Å². The highest BCUT2D eigenvalue weighted by molar-refractivity contribution is 9.10. The first-order valence-corrected chi connectivity index (χ1v) is 5.69. The van der Waals surface area contributed by atoms with Gasteiger partial charge in [-0.05, 0) is 53.2 Å². The molecule has 0 aliphatic rings. The van der Waals surface area contributed by atoms with E-state index in [1.807, 2.05) is 12.1 Å². The third-order valence-corrected chi connectivity index (χ3v) is 3.08. The van der Waals surface area contributed by atoms with E-state index in [1.165, 1.54) is 0 Å². The van der Waals surface area contributed by atoms with Crippen LogP contribution in [0.15, 0.2) is 28.9 Å². The second kappa shape index (κ2) is 4.24. The second-order valence-corrected chi connectivity index (χ2v) is 4.32. The Morgan fingerprint density at radius 1 is 1.33 bits per heavy atom. The molecule has 0 fully saturated rings. The van der Waals surface area contributed by atoms with E-state index in [0.29, 0.717) is 12.3 Å². The van der Waals surface area contributed by atoms with Gasteiger partial charge in [-0.15, -0.1) is 0 Å². The average molecular weight is 269 g/mol. The molecule has 0 unspecified atom stereocenters. The summed E-state index contributed by atoms with van der Waals surface area (Å²) >= 11 is 3.50. The maximum Gasteiger partial charge on any atom is 0.116 e. The van der Waals surface area contributed by atoms with E-state index >= 15 is 0 Å². The van der Waals surface area contributed by atoms with Crippen molar-refractivity contribution in [1.82, 2.24) is 4.57 Å². The van der Waals surface area contributed by atoms with Gasteiger partial charge in [-0.2, -0.15) is 0 Å². The zero-order valence-electron chi connectivity index (χ0n) is 8.28. The minimum Gasteiger partial charge on any atom is -0.508 e. The summed E-state index contributed by atoms with van der Waals surface area (Å²) in [5.74, 6) is 0.297. The summed E-state index contributed by atoms with van der Waals surface area (Å²) in [5, 5.41) is 10.4. The summed E-state index contributed by atoms with van der Waals surface area (Å²) in [6.07, 6.45) is 0.948. The molecule has 0 radical (unpaired) electrons. The summed E-state index contributed by atoms with van der Waals surface area (Å²) < 4.78 is 3.18. The number of phenols is 1. The summed E-state index contributed by atoms with van der Waals surface area (Å²) in [6, 6.07) is 7.39. The second-order valence-electron chi connectivity index (χ2n) is 3.50. The molecule has 1 heterocycles. The lowest BCUT2D eigenvalue weighted by Gasteiger charge is -2.05. The van der Waals surface area contributed by atoms with Crippen LogP contribution in [-0.2, 0) is 6.54 Å². The summed E-state index contributed by atoms with van der Waals surface area (Å²) in [6.45, 7) is 1.58. The number of aromatic nitrogens is 1. The summed E-state index contributed by atoms with van der Waals surface area (Å²) in [5.41, 5.74) is 6.61. The smallest absolute Gasteiger partial charge is 0.116 e. The Bertz CT molecular complexity index is 479. The van der Waals surface area contributed by atoms with Crippen LogP contribution >= 0.6 is 15.9 Å². The molecule has 0 amide bonds. The Morgan fingerprint density at radius 3 is 2.87 bits per heavy atom. The van der Waals surface area contributed by atoms with Gasteiger partial charge < -0.3 is 15.4 Å². The van der Waals surface area contributed by atoms with Crippen LogP contribution in [0.25, 0.3) is 10.9 Å². The molecule has 3 nitrogen and oxygen atoms in total. The lowest BCUT2D eigenvalue weighted by molar-refractivity contribution is 0.476. The Morgan fingerprint density at radius 2 is 2.13 bits per heavy atom. The normalized spacial score (nSPS) is 11.1. The predicted molar refractivity (Wildman–Crippen MR) is 65.0 cm³/mol. The largest absolute Gasteiger partial charge is 0.508 e. The molecule has 0 aliphatic carbocycles. The minimum absolute atomic E-state index is 0.297. The quantitative estimate of drug-likeness (QED) is 0.899. The van der Waals surface area contributed by atoms with Crippen molar-refractivity contribution in [3.63, 3.8) is 0 Å². The van der Waals surface area contributed by atoms with Gasteiger partial charge in [0.25, 0.3) is 0 Å². The molecule has 4 heteroatoms. The molecule has 2 rings (SSSR count). The molecule has 1 aromatic carbocycles. The first-order valence-electron chi connectivity index (χ1n) is 4.90. The zero-order chi connectivity index (χ0) is 10.8. The minimum atomic E-state index is 0.297. The van der Waals surface area contributed by atoms with Gasteiger partial charge in [0.05, 0.1) is 4.60 Å². The van der Waals surface area contributed by atoms with E-state index in [1.54, 1.807) is 12.1 Å². The first-order chi connectivity index (χ1) is 7.22. The third kappa shape index (κ3) is 2.01. The number of rotatable bonds is 3. The van der Waals surface area contributed by atoms with Crippen LogP contribution in [0.1, 0.15) is 6.42 Å². The van der Waals surface area contributed by atoms with E-state index < -0.39 is 0 Å². The van der Waals surface area contributed by atoms with Gasteiger partial charge in [-0.25, -0.2) is 0 Å². The fourth-order valence-corrected chi connectivity index (χ4v) is 2.32. The van der Waals surface area contributed by atoms with Crippen molar-refractivity contribution >= 4 is 26.8 Å². The van der Waals surface area contributed by atoms with Gasteiger partial charge in [0.15, 0.2) is 0 Å². The highest BCUT2D eigenvalue weighted by Gasteiger charge is 2.06. The van der Waals surface area contributed by atoms with Gasteiger partial charge in [0.2, 0.25) is 0 Å². The van der Waals surface area contributed by atoms with Crippen LogP contribution in [0.4, 0.5) is 0 Å². The SMILES string of the molecule is NCCCn1c(Br)cc2cc(O)ccc21. The molecule has 0 bridgehead atoms. The number of fused-ring (bicyclic) bond motifs is 1. The topological polar surface area (TPSA) is 51.2 Å². The van der Waals surface area contributed by atoms with E-state index in [9.17, 15) is 5.11 Å². The maximum absolute atomic E-state index is 9.36. The molecule has 0 saturated heterocycles. The molecule has 80 valence electrons. The lowest BCUT2D eigenvalue weighted by atomic mass is 10.2. The Kier molecular flexibility index (Phi) is 2.98. The standard InChI is InChI=1S/C11H13BrN2O/c12-11-7-8-6-9(15)2-3-10(8)14(11)5-1-4-13/h2-3,6-7,15H,1,4-5,13H2. The summed E-state index contributed by atoms with van der Waals surface area (Å²) in [7, 11) is 0. The number of aromatic hydroxyl groups is 1. The van der Waals surface area contributed by atoms with Crippen LogP contribution in [-0.4, -0.2) is 16.2 Å². The Hall–Kier alpha value is -1.00. The van der Waals surface area contributed by atoms with E-state index in [4.69, 9.17) is 5.73 Å². The fraction of sp³-hybridized carbons (Fsp3) is 0.273. The fourth-order valence-electron chi connectivity index (χ4n) is 1.70. The van der Waals surface area contributed by atoms with Crippen molar-refractivity contribution in [3.8, 4) is 5.75 Å². The third-order valence-electron chi connectivity index (χ3n) is 2.42. The molecule has 2 aromatic rings. The highest BCUT2D eigenvalue weighted by atomic mass is 79.9. The monoisotopic (exact) mass is 268 g/mol. The molecule has 15 heavy (non-hydrogen) atoms. The Labute approximate surface area is 96.6 Å². The van der Waals surface area contributed by atoms with Gasteiger partial charge in [0.1, 0.15) is 5.75 Å². The van der Waals surface area contributed by atoms with Crippen molar-refractivity contribution < 1.29 is 5.11 Å². The van der Waals surface area contributed by atoms with Crippen LogP contribution < -0.4 is 5.73 Å². The van der Waals surface area contributed by atoms with Crippen LogP contribution in [0.2, 0.25) is 0 Å². The summed E-state index contributed by atoms with van der Waals surface area (Å²) in [4.78, 5) is 0. The zero-order valence-corrected chi connectivity index (χ0v) is 9.87. The lowest BCUT2D eigenvalue weighted by Crippen LogP contribution is -2.05. The van der Waals surface area contributed by atoms with Crippen molar-refractivity contribution in [1.29, 1.82) is 0 Å². The molecule has 1 aromatic heterocycles. The maximum atomic E-state index is 9.36. The average Bonchev–Trinajstić information content (AvgIpc) is 2.50. The number of aryl methyl sites for hydroxylation is 1. The van der Waals surface area contributed by atoms with Crippen molar-refractivity contribution in [2.24, 2.45) is 5.73 Å². The molecule has 0 aliphatic heterocycles.